The van der Waals surface area contributed by atoms with Crippen LogP contribution in [0.3, 0.4) is 0 Å². The molecular formula is C16H12ClFO3. The first-order valence-electron chi connectivity index (χ1n) is 6.48. The van der Waals surface area contributed by atoms with Gasteiger partial charge in [0.15, 0.2) is 23.4 Å². The molecule has 108 valence electrons. The van der Waals surface area contributed by atoms with Gasteiger partial charge >= 0.3 is 0 Å². The lowest BCUT2D eigenvalue weighted by atomic mass is 10.1. The summed E-state index contributed by atoms with van der Waals surface area (Å²) in [6.07, 6.45) is -0.542. The van der Waals surface area contributed by atoms with Gasteiger partial charge in [0.2, 0.25) is 0 Å². The number of carbonyl (C=O) groups is 1. The molecule has 0 aliphatic carbocycles. The maximum absolute atomic E-state index is 13.1. The Morgan fingerprint density at radius 1 is 1.24 bits per heavy atom. The van der Waals surface area contributed by atoms with E-state index in [4.69, 9.17) is 21.1 Å². The molecule has 0 N–H and O–H groups in total. The molecule has 3 nitrogen and oxygen atoms in total. The van der Waals surface area contributed by atoms with Crippen molar-refractivity contribution >= 4 is 17.4 Å². The van der Waals surface area contributed by atoms with E-state index in [1.807, 2.05) is 12.1 Å². The molecule has 2 aromatic rings. The number of halogens is 2. The Kier molecular flexibility index (Phi) is 3.80. The van der Waals surface area contributed by atoms with Crippen LogP contribution in [-0.4, -0.2) is 18.5 Å². The van der Waals surface area contributed by atoms with E-state index in [0.717, 1.165) is 0 Å². The number of hydrogen-bond donors (Lipinski definition) is 0. The maximum atomic E-state index is 13.1. The minimum atomic E-state index is -0.663. The van der Waals surface area contributed by atoms with Gasteiger partial charge in [0.25, 0.3) is 0 Å². The van der Waals surface area contributed by atoms with Crippen molar-refractivity contribution in [3.05, 3.63) is 58.9 Å². The Morgan fingerprint density at radius 3 is 2.76 bits per heavy atom. The Balaban J connectivity index is 1.70. The first-order chi connectivity index (χ1) is 10.1. The third-order valence-corrected chi connectivity index (χ3v) is 3.52. The zero-order chi connectivity index (χ0) is 14.8. The molecule has 1 atom stereocenters. The smallest absolute Gasteiger partial charge is 0.191 e. The average Bonchev–Trinajstić information content (AvgIpc) is 2.50. The van der Waals surface area contributed by atoms with Crippen molar-refractivity contribution in [2.24, 2.45) is 0 Å². The van der Waals surface area contributed by atoms with Crippen molar-refractivity contribution in [2.45, 2.75) is 12.5 Å². The van der Waals surface area contributed by atoms with Crippen molar-refractivity contribution in [1.82, 2.24) is 0 Å². The highest BCUT2D eigenvalue weighted by molar-refractivity contribution is 6.30. The largest absolute Gasteiger partial charge is 0.485 e. The summed E-state index contributed by atoms with van der Waals surface area (Å²) in [5, 5.41) is 0.00598. The number of ether oxygens (including phenoxy) is 2. The molecule has 3 rings (SSSR count). The SMILES string of the molecule is O=C(Cc1ccc(F)c(Cl)c1)C1COc2ccccc2O1. The molecule has 0 bridgehead atoms. The van der Waals surface area contributed by atoms with E-state index in [1.165, 1.54) is 18.2 Å². The predicted octanol–water partition coefficient (Wildman–Crippen LogP) is 3.43. The lowest BCUT2D eigenvalue weighted by molar-refractivity contribution is -0.127. The van der Waals surface area contributed by atoms with Gasteiger partial charge in [0.1, 0.15) is 12.4 Å². The summed E-state index contributed by atoms with van der Waals surface area (Å²) in [6, 6.07) is 11.4. The van der Waals surface area contributed by atoms with Crippen LogP contribution in [0.25, 0.3) is 0 Å². The van der Waals surface area contributed by atoms with E-state index in [-0.39, 0.29) is 23.8 Å². The number of benzene rings is 2. The van der Waals surface area contributed by atoms with Gasteiger partial charge in [-0.3, -0.25) is 4.79 Å². The summed E-state index contributed by atoms with van der Waals surface area (Å²) in [7, 11) is 0. The standard InChI is InChI=1S/C16H12ClFO3/c17-11-7-10(5-6-12(11)18)8-13(19)16-9-20-14-3-1-2-4-15(14)21-16/h1-7,16H,8-9H2. The van der Waals surface area contributed by atoms with Crippen LogP contribution in [0, 0.1) is 5.82 Å². The molecule has 0 spiro atoms. The van der Waals surface area contributed by atoms with E-state index < -0.39 is 11.9 Å². The van der Waals surface area contributed by atoms with Crippen LogP contribution in [0.1, 0.15) is 5.56 Å². The maximum Gasteiger partial charge on any atom is 0.191 e. The molecule has 0 aromatic heterocycles. The summed E-state index contributed by atoms with van der Waals surface area (Å²) in [6.45, 7) is 0.171. The summed E-state index contributed by atoms with van der Waals surface area (Å²) in [4.78, 5) is 12.2. The normalized spacial score (nSPS) is 16.6. The average molecular weight is 307 g/mol. The molecule has 0 amide bonds. The molecule has 0 saturated carbocycles. The second kappa shape index (κ2) is 5.74. The predicted molar refractivity (Wildman–Crippen MR) is 76.5 cm³/mol. The highest BCUT2D eigenvalue weighted by atomic mass is 35.5. The molecule has 0 saturated heterocycles. The van der Waals surface area contributed by atoms with E-state index in [9.17, 15) is 9.18 Å². The summed E-state index contributed by atoms with van der Waals surface area (Å²) < 4.78 is 24.2. The molecule has 1 aliphatic heterocycles. The van der Waals surface area contributed by atoms with E-state index >= 15 is 0 Å². The van der Waals surface area contributed by atoms with Crippen LogP contribution in [0.15, 0.2) is 42.5 Å². The monoisotopic (exact) mass is 306 g/mol. The second-order valence-corrected chi connectivity index (χ2v) is 5.16. The topological polar surface area (TPSA) is 35.5 Å². The number of hydrogen-bond acceptors (Lipinski definition) is 3. The molecule has 1 heterocycles. The number of rotatable bonds is 3. The molecule has 0 radical (unpaired) electrons. The van der Waals surface area contributed by atoms with Gasteiger partial charge in [-0.15, -0.1) is 0 Å². The van der Waals surface area contributed by atoms with Crippen LogP contribution in [0.5, 0.6) is 11.5 Å². The quantitative estimate of drug-likeness (QED) is 0.871. The number of para-hydroxylation sites is 2. The van der Waals surface area contributed by atoms with Gasteiger partial charge in [-0.1, -0.05) is 29.8 Å². The lowest BCUT2D eigenvalue weighted by Crippen LogP contribution is -2.37. The van der Waals surface area contributed by atoms with Crippen LogP contribution in [-0.2, 0) is 11.2 Å². The van der Waals surface area contributed by atoms with Crippen molar-refractivity contribution in [3.63, 3.8) is 0 Å². The fourth-order valence-corrected chi connectivity index (χ4v) is 2.35. The minimum Gasteiger partial charge on any atom is -0.485 e. The van der Waals surface area contributed by atoms with Gasteiger partial charge in [-0.25, -0.2) is 4.39 Å². The second-order valence-electron chi connectivity index (χ2n) is 4.76. The Bertz CT molecular complexity index is 687. The Morgan fingerprint density at radius 2 is 2.00 bits per heavy atom. The Hall–Kier alpha value is -2.07. The lowest BCUT2D eigenvalue weighted by Gasteiger charge is -2.25. The van der Waals surface area contributed by atoms with Gasteiger partial charge in [0.05, 0.1) is 5.02 Å². The van der Waals surface area contributed by atoms with Crippen molar-refractivity contribution < 1.29 is 18.7 Å². The van der Waals surface area contributed by atoms with Crippen LogP contribution >= 0.6 is 11.6 Å². The summed E-state index contributed by atoms with van der Waals surface area (Å²) in [5.74, 6) is 0.553. The minimum absolute atomic E-state index is 0.00598. The van der Waals surface area contributed by atoms with Crippen molar-refractivity contribution in [1.29, 1.82) is 0 Å². The third-order valence-electron chi connectivity index (χ3n) is 3.23. The Labute approximate surface area is 126 Å². The molecule has 0 fully saturated rings. The fraction of sp³-hybridized carbons (Fsp3) is 0.188. The number of ketones is 1. The molecule has 1 aliphatic rings. The van der Waals surface area contributed by atoms with E-state index in [1.54, 1.807) is 12.1 Å². The summed E-state index contributed by atoms with van der Waals surface area (Å²) in [5.41, 5.74) is 0.647. The zero-order valence-electron chi connectivity index (χ0n) is 11.0. The number of carbonyl (C=O) groups excluding carboxylic acids is 1. The molecule has 5 heteroatoms. The summed E-state index contributed by atoms with van der Waals surface area (Å²) >= 11 is 5.71. The molecule has 1 unspecified atom stereocenters. The van der Waals surface area contributed by atoms with Crippen molar-refractivity contribution in [3.8, 4) is 11.5 Å². The molecule has 21 heavy (non-hydrogen) atoms. The highest BCUT2D eigenvalue weighted by Gasteiger charge is 2.27. The fourth-order valence-electron chi connectivity index (χ4n) is 2.14. The molecular weight excluding hydrogens is 295 g/mol. The number of fused-ring (bicyclic) bond motifs is 1. The van der Waals surface area contributed by atoms with Gasteiger partial charge in [-0.05, 0) is 29.8 Å². The van der Waals surface area contributed by atoms with E-state index in [2.05, 4.69) is 0 Å². The first kappa shape index (κ1) is 13.9. The van der Waals surface area contributed by atoms with Crippen LogP contribution < -0.4 is 9.47 Å². The zero-order valence-corrected chi connectivity index (χ0v) is 11.8. The van der Waals surface area contributed by atoms with Crippen LogP contribution in [0.4, 0.5) is 4.39 Å². The van der Waals surface area contributed by atoms with Gasteiger partial charge in [-0.2, -0.15) is 0 Å². The van der Waals surface area contributed by atoms with Gasteiger partial charge in [0, 0.05) is 6.42 Å². The highest BCUT2D eigenvalue weighted by Crippen LogP contribution is 2.31. The first-order valence-corrected chi connectivity index (χ1v) is 6.86. The van der Waals surface area contributed by atoms with Crippen LogP contribution in [0.2, 0.25) is 5.02 Å². The molecule has 2 aromatic carbocycles. The van der Waals surface area contributed by atoms with Gasteiger partial charge < -0.3 is 9.47 Å². The van der Waals surface area contributed by atoms with Crippen molar-refractivity contribution in [2.75, 3.05) is 6.61 Å². The third kappa shape index (κ3) is 3.00. The number of Topliss-reactive ketones (excluding diaryl/α,β-unsaturated/α-hetero) is 1. The van der Waals surface area contributed by atoms with E-state index in [0.29, 0.717) is 17.1 Å².